The van der Waals surface area contributed by atoms with Crippen LogP contribution in [0.15, 0.2) is 41.7 Å². The molecular formula is C15H14ClN5. The molecule has 2 heterocycles. The van der Waals surface area contributed by atoms with E-state index in [-0.39, 0.29) is 0 Å². The fourth-order valence-corrected chi connectivity index (χ4v) is 2.45. The molecule has 0 aliphatic rings. The van der Waals surface area contributed by atoms with Crippen LogP contribution in [0.25, 0.3) is 10.9 Å². The van der Waals surface area contributed by atoms with Gasteiger partial charge in [0.2, 0.25) is 0 Å². The van der Waals surface area contributed by atoms with E-state index < -0.39 is 0 Å². The predicted molar refractivity (Wildman–Crippen MR) is 86.2 cm³/mol. The number of hydrogen-bond acceptors (Lipinski definition) is 3. The summed E-state index contributed by atoms with van der Waals surface area (Å²) in [4.78, 5) is 8.59. The van der Waals surface area contributed by atoms with Crippen LogP contribution < -0.4 is 5.32 Å². The Labute approximate surface area is 127 Å². The second-order valence-corrected chi connectivity index (χ2v) is 4.97. The van der Waals surface area contributed by atoms with Crippen LogP contribution in [0, 0.1) is 6.92 Å². The van der Waals surface area contributed by atoms with E-state index in [1.807, 2.05) is 31.2 Å². The van der Waals surface area contributed by atoms with Gasteiger partial charge in [0.1, 0.15) is 5.84 Å². The molecule has 0 amide bonds. The number of anilines is 1. The monoisotopic (exact) mass is 299 g/mol. The van der Waals surface area contributed by atoms with Gasteiger partial charge in [0.25, 0.3) is 0 Å². The number of aryl methyl sites for hydroxylation is 1. The molecule has 0 bridgehead atoms. The van der Waals surface area contributed by atoms with Gasteiger partial charge in [0, 0.05) is 29.9 Å². The Kier molecular flexibility index (Phi) is 3.58. The number of fused-ring (bicyclic) bond motifs is 1. The molecule has 21 heavy (non-hydrogen) atoms. The van der Waals surface area contributed by atoms with E-state index in [4.69, 9.17) is 11.6 Å². The van der Waals surface area contributed by atoms with Crippen molar-refractivity contribution in [1.29, 1.82) is 0 Å². The largest absolute Gasteiger partial charge is 0.339 e. The molecule has 0 fully saturated rings. The molecule has 3 rings (SSSR count). The summed E-state index contributed by atoms with van der Waals surface area (Å²) in [5.41, 5.74) is 3.54. The second kappa shape index (κ2) is 5.54. The molecule has 0 saturated heterocycles. The fourth-order valence-electron chi connectivity index (χ4n) is 2.19. The van der Waals surface area contributed by atoms with Crippen molar-refractivity contribution in [1.82, 2.24) is 15.2 Å². The number of benzene rings is 1. The van der Waals surface area contributed by atoms with Crippen molar-refractivity contribution in [3.05, 3.63) is 52.9 Å². The molecule has 0 aliphatic carbocycles. The van der Waals surface area contributed by atoms with Gasteiger partial charge in [0.15, 0.2) is 0 Å². The third-order valence-corrected chi connectivity index (χ3v) is 3.70. The Balaban J connectivity index is 2.00. The number of aliphatic imine (C=N–C) groups is 1. The molecule has 106 valence electrons. The third-order valence-electron chi connectivity index (χ3n) is 3.30. The van der Waals surface area contributed by atoms with Gasteiger partial charge in [-0.15, -0.1) is 0 Å². The van der Waals surface area contributed by atoms with E-state index in [9.17, 15) is 0 Å². The molecule has 6 heteroatoms. The normalized spacial score (nSPS) is 11.9. The fraction of sp³-hybridized carbons (Fsp3) is 0.133. The van der Waals surface area contributed by atoms with Gasteiger partial charge in [-0.05, 0) is 31.2 Å². The molecule has 0 aliphatic heterocycles. The van der Waals surface area contributed by atoms with Gasteiger partial charge in [-0.1, -0.05) is 11.6 Å². The average Bonchev–Trinajstić information content (AvgIpc) is 2.97. The molecule has 5 nitrogen and oxygen atoms in total. The molecule has 3 aromatic rings. The lowest BCUT2D eigenvalue weighted by atomic mass is 10.1. The van der Waals surface area contributed by atoms with Crippen molar-refractivity contribution in [3.8, 4) is 0 Å². The molecule has 2 N–H and O–H groups in total. The van der Waals surface area contributed by atoms with Crippen LogP contribution in [0.1, 0.15) is 11.3 Å². The Hall–Kier alpha value is -2.40. The number of pyridine rings is 1. The van der Waals surface area contributed by atoms with Crippen molar-refractivity contribution >= 4 is 34.0 Å². The number of nitrogens with zero attached hydrogens (tertiary/aromatic N) is 3. The van der Waals surface area contributed by atoms with Crippen molar-refractivity contribution in [2.24, 2.45) is 4.99 Å². The van der Waals surface area contributed by atoms with Crippen LogP contribution in [0.5, 0.6) is 0 Å². The predicted octanol–water partition coefficient (Wildman–Crippen LogP) is 3.41. The van der Waals surface area contributed by atoms with Gasteiger partial charge >= 0.3 is 0 Å². The van der Waals surface area contributed by atoms with Crippen LogP contribution in [0.4, 0.5) is 5.69 Å². The second-order valence-electron chi connectivity index (χ2n) is 4.59. The highest BCUT2D eigenvalue weighted by Gasteiger charge is 2.11. The standard InChI is InChI=1S/C15H14ClN5/c1-9-10(4-3-7-18-9)15(17-2)20-13-6-5-12-11(14(13)16)8-19-21-12/h3-8H,1-2H3,(H,17,20)(H,19,21). The van der Waals surface area contributed by atoms with Crippen molar-refractivity contribution < 1.29 is 0 Å². The van der Waals surface area contributed by atoms with Gasteiger partial charge < -0.3 is 5.32 Å². The van der Waals surface area contributed by atoms with Gasteiger partial charge in [-0.2, -0.15) is 5.10 Å². The van der Waals surface area contributed by atoms with E-state index in [0.29, 0.717) is 5.02 Å². The number of rotatable bonds is 2. The summed E-state index contributed by atoms with van der Waals surface area (Å²) in [5, 5.41) is 11.7. The maximum atomic E-state index is 6.42. The zero-order chi connectivity index (χ0) is 14.8. The van der Waals surface area contributed by atoms with Crippen LogP contribution >= 0.6 is 11.6 Å². The lowest BCUT2D eigenvalue weighted by Crippen LogP contribution is -2.15. The number of aromatic nitrogens is 3. The zero-order valence-electron chi connectivity index (χ0n) is 11.7. The SMILES string of the molecule is CN=C(Nc1ccc2[nH]ncc2c1Cl)c1cccnc1C. The van der Waals surface area contributed by atoms with Crippen molar-refractivity contribution in [2.45, 2.75) is 6.92 Å². The summed E-state index contributed by atoms with van der Waals surface area (Å²) in [5.74, 6) is 0.727. The molecule has 0 spiro atoms. The summed E-state index contributed by atoms with van der Waals surface area (Å²) in [6.45, 7) is 1.95. The number of aromatic amines is 1. The highest BCUT2D eigenvalue weighted by molar-refractivity contribution is 6.38. The quantitative estimate of drug-likeness (QED) is 0.563. The first kappa shape index (κ1) is 13.6. The van der Waals surface area contributed by atoms with Crippen molar-refractivity contribution in [2.75, 3.05) is 12.4 Å². The molecule has 1 aromatic carbocycles. The van der Waals surface area contributed by atoms with Crippen LogP contribution in [0.2, 0.25) is 5.02 Å². The lowest BCUT2D eigenvalue weighted by molar-refractivity contribution is 1.12. The van der Waals surface area contributed by atoms with Gasteiger partial charge in [-0.3, -0.25) is 15.1 Å². The Morgan fingerprint density at radius 3 is 2.95 bits per heavy atom. The maximum absolute atomic E-state index is 6.42. The highest BCUT2D eigenvalue weighted by Crippen LogP contribution is 2.30. The topological polar surface area (TPSA) is 66.0 Å². The minimum absolute atomic E-state index is 0.615. The summed E-state index contributed by atoms with van der Waals surface area (Å²) in [7, 11) is 1.74. The highest BCUT2D eigenvalue weighted by atomic mass is 35.5. The summed E-state index contributed by atoms with van der Waals surface area (Å²) in [6, 6.07) is 7.69. The third kappa shape index (κ3) is 2.48. The lowest BCUT2D eigenvalue weighted by Gasteiger charge is -2.13. The Bertz CT molecular complexity index is 822. The summed E-state index contributed by atoms with van der Waals surface area (Å²) in [6.07, 6.45) is 3.47. The molecule has 0 unspecified atom stereocenters. The number of amidine groups is 1. The number of halogens is 1. The minimum Gasteiger partial charge on any atom is -0.339 e. The van der Waals surface area contributed by atoms with Crippen LogP contribution in [0.3, 0.4) is 0 Å². The van der Waals surface area contributed by atoms with Crippen LogP contribution in [-0.4, -0.2) is 28.1 Å². The first-order chi connectivity index (χ1) is 10.2. The Morgan fingerprint density at radius 2 is 2.19 bits per heavy atom. The first-order valence-corrected chi connectivity index (χ1v) is 6.86. The van der Waals surface area contributed by atoms with E-state index in [0.717, 1.165) is 33.7 Å². The van der Waals surface area contributed by atoms with Crippen LogP contribution in [-0.2, 0) is 0 Å². The molecule has 0 saturated carbocycles. The zero-order valence-corrected chi connectivity index (χ0v) is 12.4. The van der Waals surface area contributed by atoms with E-state index >= 15 is 0 Å². The number of nitrogens with one attached hydrogen (secondary N) is 2. The first-order valence-electron chi connectivity index (χ1n) is 6.48. The van der Waals surface area contributed by atoms with Gasteiger partial charge in [0.05, 0.1) is 22.4 Å². The average molecular weight is 300 g/mol. The Morgan fingerprint density at radius 1 is 1.33 bits per heavy atom. The number of H-pyrrole nitrogens is 1. The number of hydrogen-bond donors (Lipinski definition) is 2. The van der Waals surface area contributed by atoms with Gasteiger partial charge in [-0.25, -0.2) is 0 Å². The smallest absolute Gasteiger partial charge is 0.134 e. The molecule has 2 aromatic heterocycles. The molecule has 0 atom stereocenters. The molecule has 0 radical (unpaired) electrons. The summed E-state index contributed by atoms with van der Waals surface area (Å²) < 4.78 is 0. The minimum atomic E-state index is 0.615. The summed E-state index contributed by atoms with van der Waals surface area (Å²) >= 11 is 6.42. The van der Waals surface area contributed by atoms with E-state index in [1.54, 1.807) is 19.4 Å². The van der Waals surface area contributed by atoms with E-state index in [2.05, 4.69) is 25.5 Å². The maximum Gasteiger partial charge on any atom is 0.134 e. The van der Waals surface area contributed by atoms with E-state index in [1.165, 1.54) is 0 Å². The van der Waals surface area contributed by atoms with Crippen molar-refractivity contribution in [3.63, 3.8) is 0 Å². The molecular weight excluding hydrogens is 286 g/mol.